The van der Waals surface area contributed by atoms with Gasteiger partial charge in [0.15, 0.2) is 0 Å². The second-order valence-corrected chi connectivity index (χ2v) is 4.64. The van der Waals surface area contributed by atoms with Crippen LogP contribution in [0.5, 0.6) is 0 Å². The summed E-state index contributed by atoms with van der Waals surface area (Å²) in [5.41, 5.74) is 0.579. The van der Waals surface area contributed by atoms with Crippen molar-refractivity contribution in [2.24, 2.45) is 5.92 Å². The minimum absolute atomic E-state index is 0. The summed E-state index contributed by atoms with van der Waals surface area (Å²) < 4.78 is 0. The molecular formula is C12H16Cl2N2O2. The first-order chi connectivity index (χ1) is 8.16. The van der Waals surface area contributed by atoms with E-state index in [4.69, 9.17) is 11.6 Å². The molecule has 1 aliphatic heterocycles. The topological polar surface area (TPSA) is 61.4 Å². The number of hydrogen-bond acceptors (Lipinski definition) is 3. The molecule has 2 unspecified atom stereocenters. The van der Waals surface area contributed by atoms with Crippen LogP contribution in [-0.2, 0) is 0 Å². The second kappa shape index (κ2) is 6.95. The summed E-state index contributed by atoms with van der Waals surface area (Å²) >= 11 is 5.74. The largest absolute Gasteiger partial charge is 0.391 e. The van der Waals surface area contributed by atoms with Crippen LogP contribution in [0, 0.1) is 5.92 Å². The molecule has 0 saturated carbocycles. The lowest BCUT2D eigenvalue weighted by Gasteiger charge is -2.14. The van der Waals surface area contributed by atoms with Gasteiger partial charge in [-0.2, -0.15) is 0 Å². The van der Waals surface area contributed by atoms with E-state index in [9.17, 15) is 9.90 Å². The Bertz CT molecular complexity index is 398. The van der Waals surface area contributed by atoms with Crippen molar-refractivity contribution < 1.29 is 9.90 Å². The van der Waals surface area contributed by atoms with E-state index in [0.29, 0.717) is 23.7 Å². The Labute approximate surface area is 117 Å². The number of nitrogens with one attached hydrogen (secondary N) is 2. The molecule has 1 aliphatic rings. The highest BCUT2D eigenvalue weighted by atomic mass is 35.5. The highest BCUT2D eigenvalue weighted by Crippen LogP contribution is 2.10. The first kappa shape index (κ1) is 15.2. The van der Waals surface area contributed by atoms with Gasteiger partial charge in [0, 0.05) is 36.1 Å². The van der Waals surface area contributed by atoms with Gasteiger partial charge < -0.3 is 15.7 Å². The zero-order chi connectivity index (χ0) is 12.3. The van der Waals surface area contributed by atoms with Crippen LogP contribution in [0.4, 0.5) is 0 Å². The Morgan fingerprint density at radius 3 is 2.61 bits per heavy atom. The molecule has 3 N–H and O–H groups in total. The summed E-state index contributed by atoms with van der Waals surface area (Å²) in [5.74, 6) is -0.0491. The molecule has 0 bridgehead atoms. The molecule has 1 aromatic carbocycles. The van der Waals surface area contributed by atoms with E-state index in [1.807, 2.05) is 0 Å². The molecule has 1 saturated heterocycles. The van der Waals surface area contributed by atoms with E-state index in [2.05, 4.69) is 10.6 Å². The number of rotatable bonds is 3. The average molecular weight is 291 g/mol. The van der Waals surface area contributed by atoms with Crippen LogP contribution in [0.3, 0.4) is 0 Å². The van der Waals surface area contributed by atoms with Gasteiger partial charge in [0.2, 0.25) is 0 Å². The first-order valence-corrected chi connectivity index (χ1v) is 5.97. The van der Waals surface area contributed by atoms with Crippen LogP contribution in [-0.4, -0.2) is 36.8 Å². The van der Waals surface area contributed by atoms with Gasteiger partial charge >= 0.3 is 0 Å². The fourth-order valence-electron chi connectivity index (χ4n) is 1.85. The van der Waals surface area contributed by atoms with Crippen molar-refractivity contribution in [3.8, 4) is 0 Å². The molecule has 0 aliphatic carbocycles. The van der Waals surface area contributed by atoms with Crippen molar-refractivity contribution in [1.82, 2.24) is 10.6 Å². The number of benzene rings is 1. The standard InChI is InChI=1S/C12H15ClN2O2.ClH/c13-10-3-1-8(2-4-10)12(17)15-6-9-5-14-7-11(9)16;/h1-4,9,11,14,16H,5-7H2,(H,15,17);1H. The number of β-amino-alcohol motifs (C(OH)–C–C–N with tert-alkyl or cyclic N) is 1. The number of amides is 1. The Morgan fingerprint density at radius 2 is 2.06 bits per heavy atom. The van der Waals surface area contributed by atoms with Gasteiger partial charge in [0.05, 0.1) is 6.10 Å². The van der Waals surface area contributed by atoms with E-state index in [1.165, 1.54) is 0 Å². The molecule has 4 nitrogen and oxygen atoms in total. The van der Waals surface area contributed by atoms with Gasteiger partial charge in [0.25, 0.3) is 5.91 Å². The lowest BCUT2D eigenvalue weighted by atomic mass is 10.1. The fraction of sp³-hybridized carbons (Fsp3) is 0.417. The number of hydrogen-bond donors (Lipinski definition) is 3. The van der Waals surface area contributed by atoms with Crippen LogP contribution in [0.1, 0.15) is 10.4 Å². The Hall–Kier alpha value is -0.810. The monoisotopic (exact) mass is 290 g/mol. The average Bonchev–Trinajstić information content (AvgIpc) is 2.73. The van der Waals surface area contributed by atoms with Gasteiger partial charge in [-0.25, -0.2) is 0 Å². The van der Waals surface area contributed by atoms with Crippen molar-refractivity contribution >= 4 is 29.9 Å². The molecule has 1 amide bonds. The Morgan fingerprint density at radius 1 is 1.39 bits per heavy atom. The lowest BCUT2D eigenvalue weighted by molar-refractivity contribution is 0.0927. The van der Waals surface area contributed by atoms with Gasteiger partial charge in [-0.1, -0.05) is 11.6 Å². The molecule has 1 heterocycles. The molecule has 2 atom stereocenters. The molecule has 18 heavy (non-hydrogen) atoms. The fourth-order valence-corrected chi connectivity index (χ4v) is 1.98. The molecule has 2 rings (SSSR count). The van der Waals surface area contributed by atoms with Crippen LogP contribution < -0.4 is 10.6 Å². The Kier molecular flexibility index (Phi) is 5.88. The number of carbonyl (C=O) groups excluding carboxylic acids is 1. The zero-order valence-electron chi connectivity index (χ0n) is 9.73. The predicted molar refractivity (Wildman–Crippen MR) is 73.4 cm³/mol. The number of halogens is 2. The normalized spacial score (nSPS) is 22.3. The van der Waals surface area contributed by atoms with Crippen molar-refractivity contribution in [2.45, 2.75) is 6.10 Å². The highest BCUT2D eigenvalue weighted by Gasteiger charge is 2.25. The number of aliphatic hydroxyl groups is 1. The summed E-state index contributed by atoms with van der Waals surface area (Å²) in [4.78, 5) is 11.8. The quantitative estimate of drug-likeness (QED) is 0.781. The van der Waals surface area contributed by atoms with Gasteiger partial charge in [-0.15, -0.1) is 12.4 Å². The SMILES string of the molecule is Cl.O=C(NCC1CNCC1O)c1ccc(Cl)cc1. The van der Waals surface area contributed by atoms with Gasteiger partial charge in [0.1, 0.15) is 0 Å². The van der Waals surface area contributed by atoms with Gasteiger partial charge in [-0.3, -0.25) is 4.79 Å². The molecule has 0 aromatic heterocycles. The molecule has 0 radical (unpaired) electrons. The zero-order valence-corrected chi connectivity index (χ0v) is 11.3. The van der Waals surface area contributed by atoms with E-state index in [0.717, 1.165) is 6.54 Å². The maximum atomic E-state index is 11.8. The summed E-state index contributed by atoms with van der Waals surface area (Å²) in [6.45, 7) is 1.82. The minimum atomic E-state index is -0.375. The van der Waals surface area contributed by atoms with E-state index in [1.54, 1.807) is 24.3 Å². The minimum Gasteiger partial charge on any atom is -0.391 e. The third-order valence-corrected chi connectivity index (χ3v) is 3.19. The predicted octanol–water partition coefficient (Wildman–Crippen LogP) is 1.07. The van der Waals surface area contributed by atoms with Crippen LogP contribution in [0.25, 0.3) is 0 Å². The van der Waals surface area contributed by atoms with E-state index >= 15 is 0 Å². The van der Waals surface area contributed by atoms with Gasteiger partial charge in [-0.05, 0) is 24.3 Å². The van der Waals surface area contributed by atoms with Crippen molar-refractivity contribution in [2.75, 3.05) is 19.6 Å². The molecule has 1 fully saturated rings. The third kappa shape index (κ3) is 3.85. The smallest absolute Gasteiger partial charge is 0.251 e. The van der Waals surface area contributed by atoms with E-state index < -0.39 is 0 Å². The number of aliphatic hydroxyl groups excluding tert-OH is 1. The van der Waals surface area contributed by atoms with Crippen molar-refractivity contribution in [3.05, 3.63) is 34.9 Å². The van der Waals surface area contributed by atoms with Crippen molar-refractivity contribution in [1.29, 1.82) is 0 Å². The molecule has 0 spiro atoms. The molecule has 1 aromatic rings. The molecule has 100 valence electrons. The highest BCUT2D eigenvalue weighted by molar-refractivity contribution is 6.30. The van der Waals surface area contributed by atoms with Crippen molar-refractivity contribution in [3.63, 3.8) is 0 Å². The van der Waals surface area contributed by atoms with E-state index in [-0.39, 0.29) is 30.3 Å². The third-order valence-electron chi connectivity index (χ3n) is 2.94. The first-order valence-electron chi connectivity index (χ1n) is 5.59. The van der Waals surface area contributed by atoms with Crippen LogP contribution in [0.15, 0.2) is 24.3 Å². The lowest BCUT2D eigenvalue weighted by Crippen LogP contribution is -2.34. The molecule has 6 heteroatoms. The summed E-state index contributed by atoms with van der Waals surface area (Å²) in [7, 11) is 0. The summed E-state index contributed by atoms with van der Waals surface area (Å²) in [6.07, 6.45) is -0.375. The maximum Gasteiger partial charge on any atom is 0.251 e. The second-order valence-electron chi connectivity index (χ2n) is 4.20. The van der Waals surface area contributed by atoms with Crippen LogP contribution >= 0.6 is 24.0 Å². The summed E-state index contributed by atoms with van der Waals surface area (Å²) in [6, 6.07) is 6.73. The summed E-state index contributed by atoms with van der Waals surface area (Å²) in [5, 5.41) is 16.1. The van der Waals surface area contributed by atoms with Crippen LogP contribution in [0.2, 0.25) is 5.02 Å². The Balaban J connectivity index is 0.00000162. The molecular weight excluding hydrogens is 275 g/mol. The maximum absolute atomic E-state index is 11.8. The number of carbonyl (C=O) groups is 1.